The van der Waals surface area contributed by atoms with Gasteiger partial charge in [-0.1, -0.05) is 19.8 Å². The number of ether oxygens (including phenoxy) is 1. The van der Waals surface area contributed by atoms with Gasteiger partial charge in [0.2, 0.25) is 0 Å². The minimum absolute atomic E-state index is 0.243. The summed E-state index contributed by atoms with van der Waals surface area (Å²) in [5, 5.41) is -0.778. The van der Waals surface area contributed by atoms with Crippen molar-refractivity contribution in [2.24, 2.45) is 0 Å². The van der Waals surface area contributed by atoms with Crippen LogP contribution in [0.1, 0.15) is 33.1 Å². The Labute approximate surface area is 89.2 Å². The molecular formula is C9H16ClNO3. The fourth-order valence-electron chi connectivity index (χ4n) is 0.972. The zero-order valence-electron chi connectivity index (χ0n) is 8.59. The molecule has 0 aromatic carbocycles. The quantitative estimate of drug-likeness (QED) is 0.407. The van der Waals surface area contributed by atoms with Crippen molar-refractivity contribution < 1.29 is 14.3 Å². The molecule has 0 aliphatic rings. The Hall–Kier alpha value is -0.770. The van der Waals surface area contributed by atoms with Crippen LogP contribution in [-0.4, -0.2) is 29.5 Å². The Morgan fingerprint density at radius 3 is 2.36 bits per heavy atom. The van der Waals surface area contributed by atoms with E-state index in [0.717, 1.165) is 24.2 Å². The second-order valence-electron chi connectivity index (χ2n) is 2.81. The first-order valence-corrected chi connectivity index (χ1v) is 5.15. The minimum atomic E-state index is -0.778. The smallest absolute Gasteiger partial charge is 0.417 e. The second kappa shape index (κ2) is 7.62. The lowest BCUT2D eigenvalue weighted by molar-refractivity contribution is 0.119. The third kappa shape index (κ3) is 5.07. The molecule has 0 aromatic heterocycles. The van der Waals surface area contributed by atoms with Crippen LogP contribution in [0.15, 0.2) is 0 Å². The van der Waals surface area contributed by atoms with Crippen LogP contribution in [0.25, 0.3) is 0 Å². The lowest BCUT2D eigenvalue weighted by Gasteiger charge is -2.16. The Balaban J connectivity index is 4.01. The molecule has 0 aliphatic carbocycles. The number of unbranched alkanes of at least 4 members (excludes halogenated alkanes) is 2. The fourth-order valence-corrected chi connectivity index (χ4v) is 1.13. The average Bonchev–Trinajstić information content (AvgIpc) is 2.12. The predicted octanol–water partition coefficient (Wildman–Crippen LogP) is 2.99. The molecule has 0 spiro atoms. The van der Waals surface area contributed by atoms with Gasteiger partial charge >= 0.3 is 11.5 Å². The van der Waals surface area contributed by atoms with Crippen LogP contribution in [0, 0.1) is 0 Å². The van der Waals surface area contributed by atoms with E-state index >= 15 is 0 Å². The molecule has 0 fully saturated rings. The van der Waals surface area contributed by atoms with Crippen LogP contribution in [0.2, 0.25) is 0 Å². The molecule has 0 aromatic rings. The molecule has 5 heteroatoms. The van der Waals surface area contributed by atoms with Crippen LogP contribution in [-0.2, 0) is 4.74 Å². The molecule has 0 saturated heterocycles. The van der Waals surface area contributed by atoms with Gasteiger partial charge in [0, 0.05) is 6.54 Å². The molecule has 4 nitrogen and oxygen atoms in total. The molecule has 0 radical (unpaired) electrons. The van der Waals surface area contributed by atoms with Crippen LogP contribution >= 0.6 is 11.6 Å². The van der Waals surface area contributed by atoms with Gasteiger partial charge in [-0.05, 0) is 24.9 Å². The zero-order valence-corrected chi connectivity index (χ0v) is 9.34. The molecule has 14 heavy (non-hydrogen) atoms. The zero-order chi connectivity index (χ0) is 11.0. The number of amides is 2. The van der Waals surface area contributed by atoms with Gasteiger partial charge in [0.25, 0.3) is 0 Å². The number of nitrogens with zero attached hydrogens (tertiary/aromatic N) is 1. The van der Waals surface area contributed by atoms with Crippen molar-refractivity contribution in [1.82, 2.24) is 4.90 Å². The first-order chi connectivity index (χ1) is 6.63. The Morgan fingerprint density at radius 1 is 1.29 bits per heavy atom. The summed E-state index contributed by atoms with van der Waals surface area (Å²) >= 11 is 5.24. The predicted molar refractivity (Wildman–Crippen MR) is 54.5 cm³/mol. The second-order valence-corrected chi connectivity index (χ2v) is 3.13. The molecule has 0 saturated carbocycles. The topological polar surface area (TPSA) is 46.6 Å². The van der Waals surface area contributed by atoms with Gasteiger partial charge < -0.3 is 4.74 Å². The summed E-state index contributed by atoms with van der Waals surface area (Å²) in [5.41, 5.74) is 0. The maximum Gasteiger partial charge on any atom is 0.417 e. The van der Waals surface area contributed by atoms with Crippen molar-refractivity contribution in [1.29, 1.82) is 0 Å². The van der Waals surface area contributed by atoms with E-state index in [-0.39, 0.29) is 6.61 Å². The van der Waals surface area contributed by atoms with Crippen molar-refractivity contribution in [2.75, 3.05) is 13.2 Å². The van der Waals surface area contributed by atoms with Gasteiger partial charge in [0.1, 0.15) is 0 Å². The van der Waals surface area contributed by atoms with Crippen molar-refractivity contribution in [2.45, 2.75) is 33.1 Å². The van der Waals surface area contributed by atoms with Gasteiger partial charge in [-0.25, -0.2) is 9.69 Å². The number of hydrogen-bond acceptors (Lipinski definition) is 3. The third-order valence-corrected chi connectivity index (χ3v) is 1.89. The lowest BCUT2D eigenvalue weighted by Crippen LogP contribution is -2.34. The Morgan fingerprint density at radius 2 is 1.93 bits per heavy atom. The number of carbonyl (C=O) groups excluding carboxylic acids is 2. The highest BCUT2D eigenvalue weighted by Crippen LogP contribution is 2.04. The molecule has 0 atom stereocenters. The highest BCUT2D eigenvalue weighted by Gasteiger charge is 2.19. The molecule has 0 rings (SSSR count). The van der Waals surface area contributed by atoms with Gasteiger partial charge in [-0.2, -0.15) is 0 Å². The van der Waals surface area contributed by atoms with E-state index in [4.69, 9.17) is 11.6 Å². The van der Waals surface area contributed by atoms with E-state index in [9.17, 15) is 9.59 Å². The molecule has 0 unspecified atom stereocenters. The van der Waals surface area contributed by atoms with Crippen molar-refractivity contribution in [3.63, 3.8) is 0 Å². The standard InChI is InChI=1S/C9H16ClNO3/c1-3-5-6-7-11(8(10)12)9(13)14-4-2/h3-7H2,1-2H3. The SMILES string of the molecule is CCCCCN(C(=O)Cl)C(=O)OCC. The Bertz CT molecular complexity index is 196. The minimum Gasteiger partial charge on any atom is -0.449 e. The highest BCUT2D eigenvalue weighted by atomic mass is 35.5. The molecule has 2 amide bonds. The van der Waals surface area contributed by atoms with Crippen LogP contribution in [0.5, 0.6) is 0 Å². The maximum atomic E-state index is 11.2. The van der Waals surface area contributed by atoms with Crippen LogP contribution in [0.3, 0.4) is 0 Å². The number of halogens is 1. The first kappa shape index (κ1) is 13.2. The van der Waals surface area contributed by atoms with Gasteiger partial charge in [0.15, 0.2) is 0 Å². The number of imide groups is 1. The molecule has 0 bridgehead atoms. The molecular weight excluding hydrogens is 206 g/mol. The molecule has 82 valence electrons. The van der Waals surface area contributed by atoms with Gasteiger partial charge in [0.05, 0.1) is 6.61 Å². The Kier molecular flexibility index (Phi) is 7.20. The van der Waals surface area contributed by atoms with E-state index in [0.29, 0.717) is 6.54 Å². The maximum absolute atomic E-state index is 11.2. The summed E-state index contributed by atoms with van der Waals surface area (Å²) in [6.45, 7) is 4.29. The van der Waals surface area contributed by atoms with E-state index in [1.165, 1.54) is 0 Å². The molecule has 0 N–H and O–H groups in total. The summed E-state index contributed by atoms with van der Waals surface area (Å²) in [6.07, 6.45) is 2.07. The lowest BCUT2D eigenvalue weighted by atomic mass is 10.2. The summed E-state index contributed by atoms with van der Waals surface area (Å²) in [6, 6.07) is 0. The summed E-state index contributed by atoms with van der Waals surface area (Å²) in [7, 11) is 0. The molecule has 0 aliphatic heterocycles. The third-order valence-electron chi connectivity index (χ3n) is 1.69. The van der Waals surface area contributed by atoms with Crippen molar-refractivity contribution in [3.8, 4) is 0 Å². The van der Waals surface area contributed by atoms with E-state index in [1.54, 1.807) is 6.92 Å². The normalized spacial score (nSPS) is 9.64. The highest BCUT2D eigenvalue weighted by molar-refractivity contribution is 6.63. The first-order valence-electron chi connectivity index (χ1n) is 4.77. The van der Waals surface area contributed by atoms with E-state index < -0.39 is 11.5 Å². The molecule has 0 heterocycles. The van der Waals surface area contributed by atoms with E-state index in [1.807, 2.05) is 6.92 Å². The van der Waals surface area contributed by atoms with Gasteiger partial charge in [-0.3, -0.25) is 4.79 Å². The van der Waals surface area contributed by atoms with Crippen LogP contribution < -0.4 is 0 Å². The van der Waals surface area contributed by atoms with E-state index in [2.05, 4.69) is 4.74 Å². The number of rotatable bonds is 5. The van der Waals surface area contributed by atoms with Crippen molar-refractivity contribution in [3.05, 3.63) is 0 Å². The van der Waals surface area contributed by atoms with Gasteiger partial charge in [-0.15, -0.1) is 0 Å². The number of carbonyl (C=O) groups is 2. The summed E-state index contributed by atoms with van der Waals surface area (Å²) < 4.78 is 4.68. The monoisotopic (exact) mass is 221 g/mol. The van der Waals surface area contributed by atoms with Crippen LogP contribution in [0.4, 0.5) is 9.59 Å². The van der Waals surface area contributed by atoms with Crippen molar-refractivity contribution >= 4 is 23.1 Å². The fraction of sp³-hybridized carbons (Fsp3) is 0.778. The largest absolute Gasteiger partial charge is 0.449 e. The summed E-state index contributed by atoms with van der Waals surface area (Å²) in [5.74, 6) is 0. The summed E-state index contributed by atoms with van der Waals surface area (Å²) in [4.78, 5) is 22.9. The number of hydrogen-bond donors (Lipinski definition) is 0. The average molecular weight is 222 g/mol.